The lowest BCUT2D eigenvalue weighted by Crippen LogP contribution is -2.07. The molecule has 0 N–H and O–H groups in total. The Hall–Kier alpha value is -2.04. The van der Waals surface area contributed by atoms with E-state index in [0.29, 0.717) is 0 Å². The zero-order chi connectivity index (χ0) is 13.9. The van der Waals surface area contributed by atoms with Crippen molar-refractivity contribution in [3.8, 4) is 5.88 Å². The summed E-state index contributed by atoms with van der Waals surface area (Å²) >= 11 is 0. The van der Waals surface area contributed by atoms with Gasteiger partial charge in [-0.1, -0.05) is 30.3 Å². The van der Waals surface area contributed by atoms with E-state index in [0.717, 1.165) is 17.7 Å². The molecule has 0 fully saturated rings. The summed E-state index contributed by atoms with van der Waals surface area (Å²) in [6.45, 7) is 1.69. The highest BCUT2D eigenvalue weighted by Gasteiger charge is 2.31. The molecule has 2 rings (SSSR count). The molecule has 0 saturated heterocycles. The Morgan fingerprint density at radius 2 is 1.79 bits per heavy atom. The number of hydrogen-bond donors (Lipinski definition) is 0. The van der Waals surface area contributed by atoms with E-state index in [1.165, 1.54) is 6.92 Å². The lowest BCUT2D eigenvalue weighted by molar-refractivity contribution is -0.137. The van der Waals surface area contributed by atoms with Crippen LogP contribution in [0.25, 0.3) is 0 Å². The summed E-state index contributed by atoms with van der Waals surface area (Å²) in [5.74, 6) is -0.0174. The second kappa shape index (κ2) is 5.30. The number of alkyl halides is 3. The van der Waals surface area contributed by atoms with Crippen LogP contribution in [0.15, 0.2) is 42.5 Å². The first-order valence-electron chi connectivity index (χ1n) is 5.68. The van der Waals surface area contributed by atoms with Crippen LogP contribution < -0.4 is 4.74 Å². The first kappa shape index (κ1) is 13.4. The molecular weight excluding hydrogens is 255 g/mol. The van der Waals surface area contributed by atoms with E-state index in [1.54, 1.807) is 0 Å². The first-order valence-corrected chi connectivity index (χ1v) is 5.68. The SMILES string of the molecule is Cc1cc(C(F)(F)F)cc(OCc2ccccc2)n1. The standard InChI is InChI=1S/C14H12F3NO/c1-10-7-12(14(15,16)17)8-13(18-10)19-9-11-5-3-2-4-6-11/h2-8H,9H2,1H3. The number of ether oxygens (including phenoxy) is 1. The highest BCUT2D eigenvalue weighted by atomic mass is 19.4. The lowest BCUT2D eigenvalue weighted by atomic mass is 10.2. The number of halogens is 3. The van der Waals surface area contributed by atoms with Gasteiger partial charge in [0.1, 0.15) is 6.61 Å². The normalized spacial score (nSPS) is 11.4. The second-order valence-corrected chi connectivity index (χ2v) is 4.11. The predicted molar refractivity (Wildman–Crippen MR) is 64.8 cm³/mol. The summed E-state index contributed by atoms with van der Waals surface area (Å²) in [7, 11) is 0. The molecule has 1 heterocycles. The van der Waals surface area contributed by atoms with Gasteiger partial charge in [0, 0.05) is 11.8 Å². The van der Waals surface area contributed by atoms with Crippen LogP contribution in [0, 0.1) is 6.92 Å². The average Bonchev–Trinajstić information content (AvgIpc) is 2.36. The molecule has 0 saturated carbocycles. The van der Waals surface area contributed by atoms with Crippen molar-refractivity contribution in [1.29, 1.82) is 0 Å². The second-order valence-electron chi connectivity index (χ2n) is 4.11. The Morgan fingerprint density at radius 3 is 2.42 bits per heavy atom. The third-order valence-electron chi connectivity index (χ3n) is 2.49. The first-order chi connectivity index (χ1) is 8.95. The van der Waals surface area contributed by atoms with Gasteiger partial charge in [0.25, 0.3) is 0 Å². The molecule has 0 atom stereocenters. The summed E-state index contributed by atoms with van der Waals surface area (Å²) in [4.78, 5) is 3.94. The lowest BCUT2D eigenvalue weighted by Gasteiger charge is -2.11. The summed E-state index contributed by atoms with van der Waals surface area (Å²) < 4.78 is 43.2. The van der Waals surface area contributed by atoms with Crippen LogP contribution >= 0.6 is 0 Å². The zero-order valence-corrected chi connectivity index (χ0v) is 10.2. The molecular formula is C14H12F3NO. The van der Waals surface area contributed by atoms with E-state index in [1.807, 2.05) is 30.3 Å². The molecule has 0 aliphatic rings. The average molecular weight is 267 g/mol. The minimum absolute atomic E-state index is 0.0174. The minimum atomic E-state index is -4.39. The summed E-state index contributed by atoms with van der Waals surface area (Å²) in [5.41, 5.74) is 0.403. The Bertz CT molecular complexity index is 552. The molecule has 1 aromatic heterocycles. The van der Waals surface area contributed by atoms with Crippen molar-refractivity contribution < 1.29 is 17.9 Å². The molecule has 2 nitrogen and oxygen atoms in total. The molecule has 0 radical (unpaired) electrons. The maximum Gasteiger partial charge on any atom is 0.416 e. The van der Waals surface area contributed by atoms with E-state index < -0.39 is 11.7 Å². The Kier molecular flexibility index (Phi) is 3.74. The molecule has 1 aromatic carbocycles. The van der Waals surface area contributed by atoms with Crippen molar-refractivity contribution in [1.82, 2.24) is 4.98 Å². The van der Waals surface area contributed by atoms with E-state index in [-0.39, 0.29) is 18.2 Å². The predicted octanol–water partition coefficient (Wildman–Crippen LogP) is 3.99. The van der Waals surface area contributed by atoms with Crippen LogP contribution in [0.2, 0.25) is 0 Å². The van der Waals surface area contributed by atoms with E-state index in [9.17, 15) is 13.2 Å². The summed E-state index contributed by atoms with van der Waals surface area (Å²) in [5, 5.41) is 0. The Labute approximate surface area is 108 Å². The number of rotatable bonds is 3. The van der Waals surface area contributed by atoms with Gasteiger partial charge in [0.15, 0.2) is 0 Å². The van der Waals surface area contributed by atoms with Crippen molar-refractivity contribution in [2.24, 2.45) is 0 Å². The van der Waals surface area contributed by atoms with Crippen LogP contribution in [0.3, 0.4) is 0 Å². The van der Waals surface area contributed by atoms with Gasteiger partial charge in [-0.25, -0.2) is 4.98 Å². The van der Waals surface area contributed by atoms with Gasteiger partial charge in [0.2, 0.25) is 5.88 Å². The minimum Gasteiger partial charge on any atom is -0.473 e. The fourth-order valence-corrected chi connectivity index (χ4v) is 1.61. The molecule has 2 aromatic rings. The maximum absolute atomic E-state index is 12.6. The van der Waals surface area contributed by atoms with E-state index >= 15 is 0 Å². The molecule has 5 heteroatoms. The zero-order valence-electron chi connectivity index (χ0n) is 10.2. The number of aromatic nitrogens is 1. The summed E-state index contributed by atoms with van der Waals surface area (Å²) in [6, 6.07) is 11.1. The van der Waals surface area contributed by atoms with Gasteiger partial charge in [-0.3, -0.25) is 0 Å². The van der Waals surface area contributed by atoms with Crippen molar-refractivity contribution in [2.45, 2.75) is 19.7 Å². The maximum atomic E-state index is 12.6. The quantitative estimate of drug-likeness (QED) is 0.839. The number of pyridine rings is 1. The molecule has 100 valence electrons. The molecule has 0 unspecified atom stereocenters. The molecule has 0 amide bonds. The molecule has 19 heavy (non-hydrogen) atoms. The van der Waals surface area contributed by atoms with E-state index in [2.05, 4.69) is 4.98 Å². The van der Waals surface area contributed by atoms with Crippen LogP contribution in [0.4, 0.5) is 13.2 Å². The van der Waals surface area contributed by atoms with Crippen LogP contribution in [-0.2, 0) is 12.8 Å². The summed E-state index contributed by atoms with van der Waals surface area (Å²) in [6.07, 6.45) is -4.39. The van der Waals surface area contributed by atoms with Crippen LogP contribution in [-0.4, -0.2) is 4.98 Å². The largest absolute Gasteiger partial charge is 0.473 e. The molecule has 0 bridgehead atoms. The number of hydrogen-bond acceptors (Lipinski definition) is 2. The van der Waals surface area contributed by atoms with Crippen LogP contribution in [0.5, 0.6) is 5.88 Å². The van der Waals surface area contributed by atoms with Gasteiger partial charge >= 0.3 is 6.18 Å². The number of nitrogens with zero attached hydrogens (tertiary/aromatic N) is 1. The van der Waals surface area contributed by atoms with Gasteiger partial charge in [-0.2, -0.15) is 13.2 Å². The highest BCUT2D eigenvalue weighted by Crippen LogP contribution is 2.31. The monoisotopic (exact) mass is 267 g/mol. The van der Waals surface area contributed by atoms with Gasteiger partial charge < -0.3 is 4.74 Å². The molecule has 0 aliphatic carbocycles. The number of benzene rings is 1. The fourth-order valence-electron chi connectivity index (χ4n) is 1.61. The molecule has 0 spiro atoms. The van der Waals surface area contributed by atoms with Gasteiger partial charge in [0.05, 0.1) is 5.56 Å². The van der Waals surface area contributed by atoms with E-state index in [4.69, 9.17) is 4.74 Å². The van der Waals surface area contributed by atoms with Crippen molar-refractivity contribution in [2.75, 3.05) is 0 Å². The third-order valence-corrected chi connectivity index (χ3v) is 2.49. The topological polar surface area (TPSA) is 22.1 Å². The van der Waals surface area contributed by atoms with Crippen molar-refractivity contribution in [3.63, 3.8) is 0 Å². The third kappa shape index (κ3) is 3.71. The van der Waals surface area contributed by atoms with Gasteiger partial charge in [-0.05, 0) is 18.6 Å². The van der Waals surface area contributed by atoms with Gasteiger partial charge in [-0.15, -0.1) is 0 Å². The Balaban J connectivity index is 2.15. The highest BCUT2D eigenvalue weighted by molar-refractivity contribution is 5.27. The smallest absolute Gasteiger partial charge is 0.416 e. The van der Waals surface area contributed by atoms with Crippen molar-refractivity contribution in [3.05, 3.63) is 59.3 Å². The van der Waals surface area contributed by atoms with Crippen LogP contribution in [0.1, 0.15) is 16.8 Å². The number of aryl methyl sites for hydroxylation is 1. The molecule has 0 aliphatic heterocycles. The fraction of sp³-hybridized carbons (Fsp3) is 0.214. The van der Waals surface area contributed by atoms with Crippen molar-refractivity contribution >= 4 is 0 Å². The Morgan fingerprint density at radius 1 is 1.11 bits per heavy atom.